The minimum Gasteiger partial charge on any atom is -0.493 e. The fourth-order valence-electron chi connectivity index (χ4n) is 2.22. The van der Waals surface area contributed by atoms with E-state index in [4.69, 9.17) is 9.47 Å². The molecule has 0 saturated heterocycles. The van der Waals surface area contributed by atoms with Crippen molar-refractivity contribution in [3.8, 4) is 11.5 Å². The first kappa shape index (κ1) is 18.3. The molecule has 0 unspecified atom stereocenters. The van der Waals surface area contributed by atoms with Crippen LogP contribution < -0.4 is 14.8 Å². The van der Waals surface area contributed by atoms with Crippen LogP contribution in [0.25, 0.3) is 0 Å². The SMILES string of the molecule is COc1cccc(C(=O)N(C)C)c1OCC(=O)NCc1ccccc1. The summed E-state index contributed by atoms with van der Waals surface area (Å²) in [6, 6.07) is 14.6. The fourth-order valence-corrected chi connectivity index (χ4v) is 2.22. The summed E-state index contributed by atoms with van der Waals surface area (Å²) in [5, 5.41) is 2.78. The average molecular weight is 342 g/mol. The van der Waals surface area contributed by atoms with Crippen molar-refractivity contribution in [1.82, 2.24) is 10.2 Å². The Morgan fingerprint density at radius 2 is 1.76 bits per heavy atom. The summed E-state index contributed by atoms with van der Waals surface area (Å²) in [4.78, 5) is 25.8. The maximum absolute atomic E-state index is 12.3. The molecule has 0 spiro atoms. The molecule has 132 valence electrons. The molecule has 0 aliphatic rings. The van der Waals surface area contributed by atoms with Crippen LogP contribution in [0, 0.1) is 0 Å². The van der Waals surface area contributed by atoms with Crippen LogP contribution in [0.1, 0.15) is 15.9 Å². The summed E-state index contributed by atoms with van der Waals surface area (Å²) < 4.78 is 10.8. The number of para-hydroxylation sites is 1. The van der Waals surface area contributed by atoms with Gasteiger partial charge in [0.25, 0.3) is 11.8 Å². The van der Waals surface area contributed by atoms with Crippen LogP contribution in [0.5, 0.6) is 11.5 Å². The monoisotopic (exact) mass is 342 g/mol. The van der Waals surface area contributed by atoms with Gasteiger partial charge < -0.3 is 19.7 Å². The standard InChI is InChI=1S/C19H22N2O4/c1-21(2)19(23)15-10-7-11-16(24-3)18(15)25-13-17(22)20-12-14-8-5-4-6-9-14/h4-11H,12-13H2,1-3H3,(H,20,22). The van der Waals surface area contributed by atoms with Gasteiger partial charge in [-0.2, -0.15) is 0 Å². The van der Waals surface area contributed by atoms with E-state index in [1.807, 2.05) is 30.3 Å². The Balaban J connectivity index is 2.03. The van der Waals surface area contributed by atoms with Crippen LogP contribution in [0.3, 0.4) is 0 Å². The van der Waals surface area contributed by atoms with Gasteiger partial charge in [-0.1, -0.05) is 36.4 Å². The Hall–Kier alpha value is -3.02. The van der Waals surface area contributed by atoms with Gasteiger partial charge in [-0.05, 0) is 17.7 Å². The third-order valence-electron chi connectivity index (χ3n) is 3.52. The predicted octanol–water partition coefficient (Wildman–Crippen LogP) is 2.09. The Bertz CT molecular complexity index is 729. The summed E-state index contributed by atoms with van der Waals surface area (Å²) in [5.74, 6) is 0.165. The zero-order valence-electron chi connectivity index (χ0n) is 14.6. The molecular formula is C19H22N2O4. The number of methoxy groups -OCH3 is 1. The molecule has 0 saturated carbocycles. The first-order valence-electron chi connectivity index (χ1n) is 7.85. The third-order valence-corrected chi connectivity index (χ3v) is 3.52. The molecule has 25 heavy (non-hydrogen) atoms. The van der Waals surface area contributed by atoms with Crippen molar-refractivity contribution in [2.24, 2.45) is 0 Å². The number of carbonyl (C=O) groups is 2. The molecule has 0 aliphatic carbocycles. The molecule has 0 bridgehead atoms. The van der Waals surface area contributed by atoms with Gasteiger partial charge in [-0.25, -0.2) is 0 Å². The van der Waals surface area contributed by atoms with Crippen molar-refractivity contribution in [3.63, 3.8) is 0 Å². The van der Waals surface area contributed by atoms with E-state index in [1.165, 1.54) is 12.0 Å². The van der Waals surface area contributed by atoms with Crippen molar-refractivity contribution in [2.75, 3.05) is 27.8 Å². The molecule has 0 fully saturated rings. The number of rotatable bonds is 7. The average Bonchev–Trinajstić information content (AvgIpc) is 2.64. The summed E-state index contributed by atoms with van der Waals surface area (Å²) >= 11 is 0. The Morgan fingerprint density at radius 1 is 1.04 bits per heavy atom. The van der Waals surface area contributed by atoms with Crippen molar-refractivity contribution in [1.29, 1.82) is 0 Å². The van der Waals surface area contributed by atoms with Gasteiger partial charge in [-0.3, -0.25) is 9.59 Å². The molecule has 6 heteroatoms. The van der Waals surface area contributed by atoms with Crippen molar-refractivity contribution >= 4 is 11.8 Å². The number of carbonyl (C=O) groups excluding carboxylic acids is 2. The second-order valence-corrected chi connectivity index (χ2v) is 5.59. The van der Waals surface area contributed by atoms with E-state index < -0.39 is 0 Å². The molecule has 0 aromatic heterocycles. The molecule has 0 radical (unpaired) electrons. The van der Waals surface area contributed by atoms with Crippen LogP contribution in [-0.2, 0) is 11.3 Å². The Morgan fingerprint density at radius 3 is 2.40 bits per heavy atom. The number of nitrogens with one attached hydrogen (secondary N) is 1. The first-order chi connectivity index (χ1) is 12.0. The zero-order chi connectivity index (χ0) is 18.2. The first-order valence-corrected chi connectivity index (χ1v) is 7.85. The number of benzene rings is 2. The number of hydrogen-bond donors (Lipinski definition) is 1. The normalized spacial score (nSPS) is 10.0. The van der Waals surface area contributed by atoms with Gasteiger partial charge in [0.2, 0.25) is 0 Å². The molecule has 2 rings (SSSR count). The van der Waals surface area contributed by atoms with E-state index in [0.29, 0.717) is 17.9 Å². The van der Waals surface area contributed by atoms with Gasteiger partial charge in [0, 0.05) is 20.6 Å². The molecular weight excluding hydrogens is 320 g/mol. The third kappa shape index (κ3) is 4.97. The van der Waals surface area contributed by atoms with E-state index >= 15 is 0 Å². The highest BCUT2D eigenvalue weighted by Gasteiger charge is 2.19. The zero-order valence-corrected chi connectivity index (χ0v) is 14.6. The van der Waals surface area contributed by atoms with Gasteiger partial charge in [-0.15, -0.1) is 0 Å². The van der Waals surface area contributed by atoms with Crippen LogP contribution >= 0.6 is 0 Å². The fraction of sp³-hybridized carbons (Fsp3) is 0.263. The molecule has 0 heterocycles. The van der Waals surface area contributed by atoms with Crippen LogP contribution in [0.15, 0.2) is 48.5 Å². The Labute approximate surface area is 147 Å². The lowest BCUT2D eigenvalue weighted by molar-refractivity contribution is -0.123. The quantitative estimate of drug-likeness (QED) is 0.837. The number of nitrogens with zero attached hydrogens (tertiary/aromatic N) is 1. The largest absolute Gasteiger partial charge is 0.493 e. The molecule has 0 atom stereocenters. The molecule has 2 aromatic rings. The predicted molar refractivity (Wildman–Crippen MR) is 94.8 cm³/mol. The highest BCUT2D eigenvalue weighted by molar-refractivity contribution is 5.97. The molecule has 1 N–H and O–H groups in total. The second kappa shape index (κ2) is 8.73. The molecule has 0 aliphatic heterocycles. The minimum atomic E-state index is -0.280. The maximum Gasteiger partial charge on any atom is 0.258 e. The van der Waals surface area contributed by atoms with Crippen LogP contribution in [0.2, 0.25) is 0 Å². The maximum atomic E-state index is 12.3. The summed E-state index contributed by atoms with van der Waals surface area (Å²) in [5.41, 5.74) is 1.34. The van der Waals surface area contributed by atoms with Crippen LogP contribution in [0.4, 0.5) is 0 Å². The second-order valence-electron chi connectivity index (χ2n) is 5.59. The lowest BCUT2D eigenvalue weighted by Crippen LogP contribution is -2.29. The van der Waals surface area contributed by atoms with Gasteiger partial charge >= 0.3 is 0 Å². The lowest BCUT2D eigenvalue weighted by Gasteiger charge is -2.17. The number of ether oxygens (including phenoxy) is 2. The molecule has 6 nitrogen and oxygen atoms in total. The summed E-state index contributed by atoms with van der Waals surface area (Å²) in [6.07, 6.45) is 0. The molecule has 2 amide bonds. The van der Waals surface area contributed by atoms with E-state index in [2.05, 4.69) is 5.32 Å². The van der Waals surface area contributed by atoms with Gasteiger partial charge in [0.15, 0.2) is 18.1 Å². The smallest absolute Gasteiger partial charge is 0.258 e. The number of hydrogen-bond acceptors (Lipinski definition) is 4. The molecule has 2 aromatic carbocycles. The van der Waals surface area contributed by atoms with Crippen molar-refractivity contribution < 1.29 is 19.1 Å². The Kier molecular flexibility index (Phi) is 6.39. The highest BCUT2D eigenvalue weighted by Crippen LogP contribution is 2.31. The van der Waals surface area contributed by atoms with Crippen LogP contribution in [-0.4, -0.2) is 44.5 Å². The van der Waals surface area contributed by atoms with E-state index in [1.54, 1.807) is 32.3 Å². The van der Waals surface area contributed by atoms with Gasteiger partial charge in [0.1, 0.15) is 0 Å². The topological polar surface area (TPSA) is 67.9 Å². The number of amides is 2. The van der Waals surface area contributed by atoms with Crippen molar-refractivity contribution in [3.05, 3.63) is 59.7 Å². The lowest BCUT2D eigenvalue weighted by atomic mass is 10.1. The summed E-state index contributed by atoms with van der Waals surface area (Å²) in [7, 11) is 4.79. The van der Waals surface area contributed by atoms with E-state index in [-0.39, 0.29) is 24.2 Å². The van der Waals surface area contributed by atoms with Gasteiger partial charge in [0.05, 0.1) is 12.7 Å². The summed E-state index contributed by atoms with van der Waals surface area (Å²) in [6.45, 7) is 0.208. The van der Waals surface area contributed by atoms with Crippen molar-refractivity contribution in [2.45, 2.75) is 6.54 Å². The minimum absolute atomic E-state index is 0.207. The van der Waals surface area contributed by atoms with E-state index in [0.717, 1.165) is 5.56 Å². The highest BCUT2D eigenvalue weighted by atomic mass is 16.5. The van der Waals surface area contributed by atoms with E-state index in [9.17, 15) is 9.59 Å².